The summed E-state index contributed by atoms with van der Waals surface area (Å²) >= 11 is 0.985. The molecule has 25 heavy (non-hydrogen) atoms. The molecule has 0 aliphatic heterocycles. The predicted molar refractivity (Wildman–Crippen MR) is 87.9 cm³/mol. The van der Waals surface area contributed by atoms with Crippen molar-refractivity contribution in [2.45, 2.75) is 24.7 Å². The van der Waals surface area contributed by atoms with Crippen molar-refractivity contribution in [3.63, 3.8) is 0 Å². The van der Waals surface area contributed by atoms with Gasteiger partial charge in [-0.05, 0) is 24.3 Å². The van der Waals surface area contributed by atoms with Crippen LogP contribution in [0, 0.1) is 0 Å². The Morgan fingerprint density at radius 3 is 2.52 bits per heavy atom. The van der Waals surface area contributed by atoms with E-state index in [-0.39, 0.29) is 11.4 Å². The van der Waals surface area contributed by atoms with Crippen molar-refractivity contribution < 1.29 is 22.7 Å². The van der Waals surface area contributed by atoms with Crippen molar-refractivity contribution in [1.82, 2.24) is 15.2 Å². The summed E-state index contributed by atoms with van der Waals surface area (Å²) in [4.78, 5) is 17.1. The minimum Gasteiger partial charge on any atom is -0.497 e. The second-order valence-electron chi connectivity index (χ2n) is 5.00. The number of hydrogen-bond acceptors (Lipinski definition) is 5. The van der Waals surface area contributed by atoms with Gasteiger partial charge in [0.25, 0.3) is 0 Å². The third-order valence-electron chi connectivity index (χ3n) is 3.19. The van der Waals surface area contributed by atoms with E-state index in [1.807, 2.05) is 6.92 Å². The summed E-state index contributed by atoms with van der Waals surface area (Å²) in [6.45, 7) is 0.516. The number of hydrogen-bond donors (Lipinski definition) is 1. The van der Waals surface area contributed by atoms with Crippen molar-refractivity contribution in [2.75, 3.05) is 24.3 Å². The summed E-state index contributed by atoms with van der Waals surface area (Å²) < 4.78 is 43.5. The summed E-state index contributed by atoms with van der Waals surface area (Å²) in [7, 11) is 1.45. The fourth-order valence-corrected chi connectivity index (χ4v) is 2.66. The van der Waals surface area contributed by atoms with Crippen LogP contribution in [0.3, 0.4) is 0 Å². The number of carbonyl (C=O) groups excluding carboxylic acids is 1. The van der Waals surface area contributed by atoms with E-state index >= 15 is 0 Å². The first-order valence-electron chi connectivity index (χ1n) is 7.37. The van der Waals surface area contributed by atoms with Crippen molar-refractivity contribution in [2.24, 2.45) is 0 Å². The Labute approximate surface area is 146 Å². The van der Waals surface area contributed by atoms with Crippen LogP contribution in [0.15, 0.2) is 29.4 Å². The monoisotopic (exact) mass is 374 g/mol. The Morgan fingerprint density at radius 2 is 2.00 bits per heavy atom. The number of amides is 1. The van der Waals surface area contributed by atoms with Crippen molar-refractivity contribution >= 4 is 23.4 Å². The van der Waals surface area contributed by atoms with Gasteiger partial charge in [0.2, 0.25) is 11.1 Å². The number of carbonyl (C=O) groups is 1. The van der Waals surface area contributed by atoms with Crippen molar-refractivity contribution in [3.8, 4) is 5.75 Å². The van der Waals surface area contributed by atoms with Gasteiger partial charge < -0.3 is 9.64 Å². The average molecular weight is 374 g/mol. The lowest BCUT2D eigenvalue weighted by Crippen LogP contribution is -2.40. The summed E-state index contributed by atoms with van der Waals surface area (Å²) in [5, 5.41) is 6.92. The van der Waals surface area contributed by atoms with E-state index in [4.69, 9.17) is 4.74 Å². The van der Waals surface area contributed by atoms with E-state index in [0.717, 1.165) is 11.8 Å². The Morgan fingerprint density at radius 1 is 1.32 bits per heavy atom. The number of methoxy groups -OCH3 is 1. The molecular formula is C15H17F3N4O2S. The normalized spacial score (nSPS) is 11.4. The quantitative estimate of drug-likeness (QED) is 0.755. The number of aromatic amines is 1. The van der Waals surface area contributed by atoms with Gasteiger partial charge >= 0.3 is 6.18 Å². The molecular weight excluding hydrogens is 357 g/mol. The molecule has 1 aromatic carbocycles. The zero-order valence-corrected chi connectivity index (χ0v) is 14.4. The number of benzene rings is 1. The van der Waals surface area contributed by atoms with Gasteiger partial charge in [-0.15, -0.1) is 5.10 Å². The molecule has 10 heteroatoms. The molecule has 0 atom stereocenters. The number of ether oxygens (including phenoxy) is 1. The second-order valence-corrected chi connectivity index (χ2v) is 5.94. The molecule has 0 saturated heterocycles. The molecule has 0 aliphatic rings. The number of nitrogens with one attached hydrogen (secondary N) is 1. The molecule has 2 aromatic rings. The molecule has 136 valence electrons. The number of thioether (sulfide) groups is 1. The van der Waals surface area contributed by atoms with Gasteiger partial charge in [0.1, 0.15) is 18.1 Å². The fourth-order valence-electron chi connectivity index (χ4n) is 1.97. The summed E-state index contributed by atoms with van der Waals surface area (Å²) in [6, 6.07) is 5.83. The van der Waals surface area contributed by atoms with E-state index in [2.05, 4.69) is 15.2 Å². The Hall–Kier alpha value is -2.23. The number of H-pyrrole nitrogens is 1. The molecule has 1 heterocycles. The summed E-state index contributed by atoms with van der Waals surface area (Å²) in [5.41, 5.74) is 0.146. The average Bonchev–Trinajstić information content (AvgIpc) is 3.05. The van der Waals surface area contributed by atoms with Gasteiger partial charge in [-0.3, -0.25) is 9.89 Å². The van der Waals surface area contributed by atoms with Crippen LogP contribution in [0.4, 0.5) is 18.9 Å². The maximum absolute atomic E-state index is 12.9. The summed E-state index contributed by atoms with van der Waals surface area (Å²) in [5.74, 6) is 0.251. The summed E-state index contributed by atoms with van der Waals surface area (Å²) in [6.07, 6.45) is -3.87. The lowest BCUT2D eigenvalue weighted by atomic mass is 10.2. The van der Waals surface area contributed by atoms with Crippen LogP contribution in [-0.2, 0) is 11.2 Å². The SMILES string of the molecule is CCc1nc(SCC(=O)N(CC(F)(F)F)c2ccc(OC)cc2)n[nH]1. The van der Waals surface area contributed by atoms with Crippen LogP contribution in [0.2, 0.25) is 0 Å². The minimum atomic E-state index is -4.51. The first kappa shape index (κ1) is 19.1. The first-order valence-corrected chi connectivity index (χ1v) is 8.36. The highest BCUT2D eigenvalue weighted by Gasteiger charge is 2.34. The van der Waals surface area contributed by atoms with Crippen LogP contribution in [-0.4, -0.2) is 46.7 Å². The highest BCUT2D eigenvalue weighted by atomic mass is 32.2. The van der Waals surface area contributed by atoms with Crippen LogP contribution in [0.1, 0.15) is 12.7 Å². The van der Waals surface area contributed by atoms with Crippen LogP contribution in [0.25, 0.3) is 0 Å². The largest absolute Gasteiger partial charge is 0.497 e. The third kappa shape index (κ3) is 5.66. The van der Waals surface area contributed by atoms with Gasteiger partial charge in [0.05, 0.1) is 12.9 Å². The van der Waals surface area contributed by atoms with Gasteiger partial charge in [0.15, 0.2) is 0 Å². The molecule has 0 fully saturated rings. The predicted octanol–water partition coefficient (Wildman–Crippen LogP) is 3.06. The van der Waals surface area contributed by atoms with Gasteiger partial charge in [-0.25, -0.2) is 4.98 Å². The van der Waals surface area contributed by atoms with E-state index < -0.39 is 18.6 Å². The molecule has 1 N–H and O–H groups in total. The standard InChI is InChI=1S/C15H17F3N4O2S/c1-3-12-19-14(21-20-12)25-8-13(23)22(9-15(16,17)18)10-4-6-11(24-2)7-5-10/h4-7H,3,8-9H2,1-2H3,(H,19,20,21). The molecule has 0 unspecified atom stereocenters. The fraction of sp³-hybridized carbons (Fsp3) is 0.400. The van der Waals surface area contributed by atoms with Crippen molar-refractivity contribution in [1.29, 1.82) is 0 Å². The zero-order valence-electron chi connectivity index (χ0n) is 13.6. The van der Waals surface area contributed by atoms with Gasteiger partial charge in [-0.2, -0.15) is 13.2 Å². The smallest absolute Gasteiger partial charge is 0.406 e. The molecule has 1 aromatic heterocycles. The highest BCUT2D eigenvalue weighted by Crippen LogP contribution is 2.25. The molecule has 0 saturated carbocycles. The highest BCUT2D eigenvalue weighted by molar-refractivity contribution is 7.99. The molecule has 1 amide bonds. The Balaban J connectivity index is 2.11. The number of anilines is 1. The third-order valence-corrected chi connectivity index (χ3v) is 4.03. The Bertz CT molecular complexity index is 704. The molecule has 0 bridgehead atoms. The lowest BCUT2D eigenvalue weighted by molar-refractivity contribution is -0.131. The molecule has 0 aliphatic carbocycles. The van der Waals surface area contributed by atoms with Crippen LogP contribution >= 0.6 is 11.8 Å². The zero-order chi connectivity index (χ0) is 18.4. The van der Waals surface area contributed by atoms with Gasteiger partial charge in [-0.1, -0.05) is 18.7 Å². The maximum Gasteiger partial charge on any atom is 0.406 e. The molecule has 0 radical (unpaired) electrons. The lowest BCUT2D eigenvalue weighted by Gasteiger charge is -2.24. The van der Waals surface area contributed by atoms with Crippen molar-refractivity contribution in [3.05, 3.63) is 30.1 Å². The number of aromatic nitrogens is 3. The second kappa shape index (κ2) is 8.24. The minimum absolute atomic E-state index is 0.146. The van der Waals surface area contributed by atoms with Crippen LogP contribution < -0.4 is 9.64 Å². The maximum atomic E-state index is 12.9. The first-order chi connectivity index (χ1) is 11.8. The van der Waals surface area contributed by atoms with E-state index in [1.165, 1.54) is 31.4 Å². The number of nitrogens with zero attached hydrogens (tertiary/aromatic N) is 3. The topological polar surface area (TPSA) is 71.1 Å². The number of alkyl halides is 3. The number of halogens is 3. The molecule has 0 spiro atoms. The number of aryl methyl sites for hydroxylation is 1. The van der Waals surface area contributed by atoms with E-state index in [0.29, 0.717) is 28.1 Å². The Kier molecular flexibility index (Phi) is 6.29. The molecule has 2 rings (SSSR count). The van der Waals surface area contributed by atoms with Crippen LogP contribution in [0.5, 0.6) is 5.75 Å². The number of rotatable bonds is 7. The molecule has 6 nitrogen and oxygen atoms in total. The van der Waals surface area contributed by atoms with E-state index in [1.54, 1.807) is 0 Å². The van der Waals surface area contributed by atoms with E-state index in [9.17, 15) is 18.0 Å². The van der Waals surface area contributed by atoms with Gasteiger partial charge in [0, 0.05) is 12.1 Å².